The van der Waals surface area contributed by atoms with Gasteiger partial charge < -0.3 is 15.2 Å². The molecule has 5 heteroatoms. The van der Waals surface area contributed by atoms with E-state index in [1.54, 1.807) is 12.3 Å². The molecule has 0 saturated carbocycles. The molecule has 1 aromatic rings. The predicted molar refractivity (Wildman–Crippen MR) is 58.5 cm³/mol. The highest BCUT2D eigenvalue weighted by molar-refractivity contribution is 5.78. The standard InChI is InChI=1S/C11H17N3O2/c1-8-6-9(2-4-12-8)11(15)13-7-10-3-5-14-16-10/h3,5,8-9,12H,2,4,6-7H2,1H3,(H,13,15). The van der Waals surface area contributed by atoms with E-state index in [1.165, 1.54) is 0 Å². The molecular weight excluding hydrogens is 206 g/mol. The van der Waals surface area contributed by atoms with Gasteiger partial charge in [-0.2, -0.15) is 0 Å². The molecular formula is C11H17N3O2. The maximum absolute atomic E-state index is 11.8. The zero-order valence-electron chi connectivity index (χ0n) is 9.40. The molecule has 1 aliphatic heterocycles. The number of carbonyl (C=O) groups is 1. The third-order valence-corrected chi connectivity index (χ3v) is 2.92. The van der Waals surface area contributed by atoms with Gasteiger partial charge in [0.1, 0.15) is 0 Å². The first-order valence-electron chi connectivity index (χ1n) is 5.66. The van der Waals surface area contributed by atoms with Gasteiger partial charge in [-0.1, -0.05) is 5.16 Å². The molecule has 88 valence electrons. The number of hydrogen-bond donors (Lipinski definition) is 2. The lowest BCUT2D eigenvalue weighted by molar-refractivity contribution is -0.126. The Hall–Kier alpha value is -1.36. The Morgan fingerprint density at radius 2 is 2.62 bits per heavy atom. The second-order valence-corrected chi connectivity index (χ2v) is 4.27. The van der Waals surface area contributed by atoms with E-state index >= 15 is 0 Å². The van der Waals surface area contributed by atoms with Crippen molar-refractivity contribution in [1.82, 2.24) is 15.8 Å². The first-order chi connectivity index (χ1) is 7.75. The summed E-state index contributed by atoms with van der Waals surface area (Å²) in [6.07, 6.45) is 3.39. The molecule has 1 amide bonds. The largest absolute Gasteiger partial charge is 0.360 e. The van der Waals surface area contributed by atoms with Crippen molar-refractivity contribution in [2.24, 2.45) is 5.92 Å². The maximum atomic E-state index is 11.8. The summed E-state index contributed by atoms with van der Waals surface area (Å²) in [6, 6.07) is 2.18. The van der Waals surface area contributed by atoms with E-state index in [-0.39, 0.29) is 11.8 Å². The average Bonchev–Trinajstić information content (AvgIpc) is 2.78. The van der Waals surface area contributed by atoms with Crippen LogP contribution in [0.1, 0.15) is 25.5 Å². The minimum Gasteiger partial charge on any atom is -0.360 e. The minimum atomic E-state index is 0.116. The zero-order valence-corrected chi connectivity index (χ0v) is 9.40. The number of carbonyl (C=O) groups excluding carboxylic acids is 1. The molecule has 0 radical (unpaired) electrons. The lowest BCUT2D eigenvalue weighted by Crippen LogP contribution is -2.42. The molecule has 0 aromatic carbocycles. The molecule has 1 aromatic heterocycles. The van der Waals surface area contributed by atoms with Crippen LogP contribution in [-0.4, -0.2) is 23.7 Å². The van der Waals surface area contributed by atoms with Crippen molar-refractivity contribution in [2.75, 3.05) is 6.54 Å². The van der Waals surface area contributed by atoms with Crippen molar-refractivity contribution in [3.63, 3.8) is 0 Å². The number of hydrogen-bond acceptors (Lipinski definition) is 4. The van der Waals surface area contributed by atoms with Gasteiger partial charge in [0.2, 0.25) is 5.91 Å². The molecule has 0 spiro atoms. The van der Waals surface area contributed by atoms with Crippen molar-refractivity contribution >= 4 is 5.91 Å². The van der Waals surface area contributed by atoms with E-state index < -0.39 is 0 Å². The Balaban J connectivity index is 1.79. The second kappa shape index (κ2) is 5.12. The van der Waals surface area contributed by atoms with Crippen LogP contribution in [0.4, 0.5) is 0 Å². The van der Waals surface area contributed by atoms with Gasteiger partial charge in [0.25, 0.3) is 0 Å². The normalized spacial score (nSPS) is 25.3. The Morgan fingerprint density at radius 3 is 3.31 bits per heavy atom. The van der Waals surface area contributed by atoms with Crippen LogP contribution in [0.5, 0.6) is 0 Å². The first-order valence-corrected chi connectivity index (χ1v) is 5.66. The topological polar surface area (TPSA) is 67.2 Å². The van der Waals surface area contributed by atoms with Gasteiger partial charge in [0, 0.05) is 18.0 Å². The van der Waals surface area contributed by atoms with Crippen LogP contribution < -0.4 is 10.6 Å². The fourth-order valence-electron chi connectivity index (χ4n) is 2.02. The fourth-order valence-corrected chi connectivity index (χ4v) is 2.02. The third-order valence-electron chi connectivity index (χ3n) is 2.92. The van der Waals surface area contributed by atoms with E-state index in [0.717, 1.165) is 19.4 Å². The van der Waals surface area contributed by atoms with Crippen LogP contribution in [0.15, 0.2) is 16.8 Å². The highest BCUT2D eigenvalue weighted by atomic mass is 16.5. The zero-order chi connectivity index (χ0) is 11.4. The third kappa shape index (κ3) is 2.82. The Kier molecular flexibility index (Phi) is 3.56. The number of aromatic nitrogens is 1. The quantitative estimate of drug-likeness (QED) is 0.790. The van der Waals surface area contributed by atoms with Crippen molar-refractivity contribution < 1.29 is 9.32 Å². The van der Waals surface area contributed by atoms with E-state index in [4.69, 9.17) is 4.52 Å². The Morgan fingerprint density at radius 1 is 1.75 bits per heavy atom. The summed E-state index contributed by atoms with van der Waals surface area (Å²) in [5, 5.41) is 9.79. The molecule has 1 saturated heterocycles. The average molecular weight is 223 g/mol. The molecule has 2 N–H and O–H groups in total. The second-order valence-electron chi connectivity index (χ2n) is 4.27. The molecule has 0 aliphatic carbocycles. The summed E-state index contributed by atoms with van der Waals surface area (Å²) in [5.74, 6) is 0.930. The van der Waals surface area contributed by atoms with Crippen molar-refractivity contribution in [1.29, 1.82) is 0 Å². The van der Waals surface area contributed by atoms with Crippen LogP contribution >= 0.6 is 0 Å². The van der Waals surface area contributed by atoms with Crippen molar-refractivity contribution in [3.8, 4) is 0 Å². The monoisotopic (exact) mass is 223 g/mol. The predicted octanol–water partition coefficient (Wildman–Crippen LogP) is 0.679. The molecule has 1 fully saturated rings. The van der Waals surface area contributed by atoms with Crippen molar-refractivity contribution in [2.45, 2.75) is 32.4 Å². The van der Waals surface area contributed by atoms with Gasteiger partial charge in [-0.05, 0) is 26.3 Å². The lowest BCUT2D eigenvalue weighted by Gasteiger charge is -2.26. The fraction of sp³-hybridized carbons (Fsp3) is 0.636. The minimum absolute atomic E-state index is 0.116. The molecule has 16 heavy (non-hydrogen) atoms. The number of amides is 1. The Labute approximate surface area is 94.6 Å². The molecule has 1 aliphatic rings. The summed E-state index contributed by atoms with van der Waals surface area (Å²) in [5.41, 5.74) is 0. The summed E-state index contributed by atoms with van der Waals surface area (Å²) in [4.78, 5) is 11.8. The van der Waals surface area contributed by atoms with Gasteiger partial charge >= 0.3 is 0 Å². The smallest absolute Gasteiger partial charge is 0.223 e. The molecule has 0 bridgehead atoms. The van der Waals surface area contributed by atoms with Gasteiger partial charge in [0.15, 0.2) is 5.76 Å². The van der Waals surface area contributed by atoms with Crippen LogP contribution in [0.3, 0.4) is 0 Å². The number of piperidine rings is 1. The van der Waals surface area contributed by atoms with Gasteiger partial charge in [0.05, 0.1) is 12.7 Å². The van der Waals surface area contributed by atoms with Crippen LogP contribution in [0.25, 0.3) is 0 Å². The highest BCUT2D eigenvalue weighted by Gasteiger charge is 2.24. The molecule has 2 unspecified atom stereocenters. The highest BCUT2D eigenvalue weighted by Crippen LogP contribution is 2.16. The van der Waals surface area contributed by atoms with E-state index in [9.17, 15) is 4.79 Å². The van der Waals surface area contributed by atoms with E-state index in [1.807, 2.05) is 0 Å². The van der Waals surface area contributed by atoms with Gasteiger partial charge in [-0.3, -0.25) is 4.79 Å². The van der Waals surface area contributed by atoms with Crippen LogP contribution in [-0.2, 0) is 11.3 Å². The summed E-state index contributed by atoms with van der Waals surface area (Å²) >= 11 is 0. The number of rotatable bonds is 3. The molecule has 5 nitrogen and oxygen atoms in total. The summed E-state index contributed by atoms with van der Waals surface area (Å²) < 4.78 is 4.92. The van der Waals surface area contributed by atoms with Gasteiger partial charge in [-0.15, -0.1) is 0 Å². The maximum Gasteiger partial charge on any atom is 0.223 e. The van der Waals surface area contributed by atoms with Crippen LogP contribution in [0, 0.1) is 5.92 Å². The molecule has 2 atom stereocenters. The molecule has 2 heterocycles. The van der Waals surface area contributed by atoms with E-state index in [0.29, 0.717) is 18.3 Å². The number of nitrogens with zero attached hydrogens (tertiary/aromatic N) is 1. The van der Waals surface area contributed by atoms with E-state index in [2.05, 4.69) is 22.7 Å². The van der Waals surface area contributed by atoms with Gasteiger partial charge in [-0.25, -0.2) is 0 Å². The van der Waals surface area contributed by atoms with Crippen LogP contribution in [0.2, 0.25) is 0 Å². The Bertz CT molecular complexity index is 337. The first kappa shape index (κ1) is 11.1. The SMILES string of the molecule is CC1CC(C(=O)NCc2ccno2)CCN1. The summed E-state index contributed by atoms with van der Waals surface area (Å²) in [7, 11) is 0. The van der Waals surface area contributed by atoms with Crippen molar-refractivity contribution in [3.05, 3.63) is 18.0 Å². The summed E-state index contributed by atoms with van der Waals surface area (Å²) in [6.45, 7) is 3.45. The molecule has 2 rings (SSSR count). The lowest BCUT2D eigenvalue weighted by atomic mass is 9.92. The number of nitrogens with one attached hydrogen (secondary N) is 2.